The second-order valence-electron chi connectivity index (χ2n) is 8.49. The first-order valence-electron chi connectivity index (χ1n) is 10.1. The number of amides is 1. The first-order chi connectivity index (χ1) is 11.7. The maximum atomic E-state index is 12.7. The molecule has 1 rings (SSSR count). The molecule has 1 N–H and O–H groups in total. The molecule has 0 saturated carbocycles. The maximum Gasteiger partial charge on any atom is 0.227 e. The van der Waals surface area contributed by atoms with Crippen LogP contribution >= 0.6 is 0 Å². The molecule has 3 unspecified atom stereocenters. The van der Waals surface area contributed by atoms with Gasteiger partial charge in [0.15, 0.2) is 0 Å². The Morgan fingerprint density at radius 1 is 1.08 bits per heavy atom. The lowest BCUT2D eigenvalue weighted by Gasteiger charge is -2.36. The molecule has 0 aliphatic rings. The molecule has 0 radical (unpaired) electrons. The quantitative estimate of drug-likeness (QED) is 0.557. The third-order valence-corrected chi connectivity index (χ3v) is 5.81. The van der Waals surface area contributed by atoms with Crippen molar-refractivity contribution < 1.29 is 4.79 Å². The van der Waals surface area contributed by atoms with Crippen LogP contribution in [0.25, 0.3) is 0 Å². The Morgan fingerprint density at radius 2 is 1.68 bits per heavy atom. The maximum absolute atomic E-state index is 12.7. The van der Waals surface area contributed by atoms with Crippen LogP contribution in [-0.2, 0) is 11.2 Å². The van der Waals surface area contributed by atoms with Crippen molar-refractivity contribution in [1.82, 2.24) is 5.32 Å². The van der Waals surface area contributed by atoms with Crippen LogP contribution in [0.1, 0.15) is 84.8 Å². The van der Waals surface area contributed by atoms with E-state index in [4.69, 9.17) is 0 Å². The third-order valence-electron chi connectivity index (χ3n) is 5.81. The van der Waals surface area contributed by atoms with Crippen LogP contribution in [0.4, 0.5) is 0 Å². The minimum Gasteiger partial charge on any atom is -0.355 e. The lowest BCUT2D eigenvalue weighted by Crippen LogP contribution is -2.41. The zero-order chi connectivity index (χ0) is 19.0. The molecule has 0 bridgehead atoms. The summed E-state index contributed by atoms with van der Waals surface area (Å²) in [6.45, 7) is 16.3. The van der Waals surface area contributed by atoms with E-state index in [2.05, 4.69) is 71.1 Å². The zero-order valence-electron chi connectivity index (χ0n) is 17.5. The Hall–Kier alpha value is -1.31. The highest BCUT2D eigenvalue weighted by molar-refractivity contribution is 5.83. The number of carbonyl (C=O) groups excluding carboxylic acids is 1. The normalized spacial score (nSPS) is 16.3. The van der Waals surface area contributed by atoms with Crippen molar-refractivity contribution in [1.29, 1.82) is 0 Å². The lowest BCUT2D eigenvalue weighted by molar-refractivity contribution is -0.122. The molecule has 0 fully saturated rings. The van der Waals surface area contributed by atoms with E-state index in [1.54, 1.807) is 0 Å². The van der Waals surface area contributed by atoms with E-state index in [0.717, 1.165) is 37.8 Å². The fraction of sp³-hybridized carbons (Fsp3) is 0.696. The predicted octanol–water partition coefficient (Wildman–Crippen LogP) is 5.96. The van der Waals surface area contributed by atoms with Crippen molar-refractivity contribution in [2.24, 2.45) is 17.3 Å². The Kier molecular flexibility index (Phi) is 8.68. The highest BCUT2D eigenvalue weighted by Crippen LogP contribution is 2.34. The molecule has 1 aromatic rings. The second kappa shape index (κ2) is 9.99. The molecule has 0 heterocycles. The van der Waals surface area contributed by atoms with E-state index < -0.39 is 0 Å². The Balaban J connectivity index is 2.69. The summed E-state index contributed by atoms with van der Waals surface area (Å²) < 4.78 is 0. The van der Waals surface area contributed by atoms with Crippen LogP contribution in [-0.4, -0.2) is 12.5 Å². The van der Waals surface area contributed by atoms with Gasteiger partial charge in [0.05, 0.1) is 5.92 Å². The van der Waals surface area contributed by atoms with E-state index in [1.807, 2.05) is 6.92 Å². The van der Waals surface area contributed by atoms with Crippen LogP contribution < -0.4 is 5.32 Å². The van der Waals surface area contributed by atoms with Gasteiger partial charge in [0.1, 0.15) is 0 Å². The van der Waals surface area contributed by atoms with E-state index in [0.29, 0.717) is 11.8 Å². The average Bonchev–Trinajstić information content (AvgIpc) is 2.58. The summed E-state index contributed by atoms with van der Waals surface area (Å²) in [6.07, 6.45) is 4.55. The Morgan fingerprint density at radius 3 is 2.16 bits per heavy atom. The Bertz CT molecular complexity index is 519. The highest BCUT2D eigenvalue weighted by Gasteiger charge is 2.30. The van der Waals surface area contributed by atoms with E-state index in [9.17, 15) is 4.79 Å². The van der Waals surface area contributed by atoms with Crippen LogP contribution in [0.15, 0.2) is 24.3 Å². The van der Waals surface area contributed by atoms with Gasteiger partial charge in [0, 0.05) is 6.54 Å². The molecule has 0 aromatic heterocycles. The predicted molar refractivity (Wildman–Crippen MR) is 109 cm³/mol. The molecular weight excluding hydrogens is 306 g/mol. The summed E-state index contributed by atoms with van der Waals surface area (Å²) in [4.78, 5) is 12.7. The number of hydrogen-bond donors (Lipinski definition) is 1. The standard InChI is InChI=1S/C23H39NO/c1-8-14-23(7,18(5)9-2)16-24-22(25)19(6)21-12-10-20(11-13-21)15-17(3)4/h10-13,17-19H,8-9,14-16H2,1-7H3,(H,24,25). The SMILES string of the molecule is CCCC(C)(CNC(=O)C(C)c1ccc(CC(C)C)cc1)C(C)CC. The van der Waals surface area contributed by atoms with Crippen molar-refractivity contribution in [3.8, 4) is 0 Å². The molecule has 1 amide bonds. The zero-order valence-corrected chi connectivity index (χ0v) is 17.5. The fourth-order valence-electron chi connectivity index (χ4n) is 3.58. The Labute approximate surface area is 155 Å². The van der Waals surface area contributed by atoms with Crippen LogP contribution in [0.2, 0.25) is 0 Å². The first kappa shape index (κ1) is 21.7. The van der Waals surface area contributed by atoms with Gasteiger partial charge < -0.3 is 5.32 Å². The van der Waals surface area contributed by atoms with Crippen LogP contribution in [0.3, 0.4) is 0 Å². The van der Waals surface area contributed by atoms with Crippen molar-refractivity contribution in [3.63, 3.8) is 0 Å². The van der Waals surface area contributed by atoms with Gasteiger partial charge in [-0.2, -0.15) is 0 Å². The molecule has 0 aliphatic carbocycles. The van der Waals surface area contributed by atoms with Crippen molar-refractivity contribution in [3.05, 3.63) is 35.4 Å². The van der Waals surface area contributed by atoms with Gasteiger partial charge in [0.2, 0.25) is 5.91 Å². The van der Waals surface area contributed by atoms with Crippen molar-refractivity contribution in [2.75, 3.05) is 6.54 Å². The minimum atomic E-state index is -0.101. The molecule has 0 spiro atoms. The number of carbonyl (C=O) groups is 1. The molecule has 1 aromatic carbocycles. The van der Waals surface area contributed by atoms with E-state index >= 15 is 0 Å². The fourth-order valence-corrected chi connectivity index (χ4v) is 3.58. The number of rotatable bonds is 10. The monoisotopic (exact) mass is 345 g/mol. The molecule has 2 heteroatoms. The van der Waals surface area contributed by atoms with Crippen LogP contribution in [0.5, 0.6) is 0 Å². The van der Waals surface area contributed by atoms with Gasteiger partial charge in [-0.3, -0.25) is 4.79 Å². The number of nitrogens with one attached hydrogen (secondary N) is 1. The highest BCUT2D eigenvalue weighted by atomic mass is 16.1. The molecule has 142 valence electrons. The summed E-state index contributed by atoms with van der Waals surface area (Å²) in [6, 6.07) is 8.56. The topological polar surface area (TPSA) is 29.1 Å². The summed E-state index contributed by atoms with van der Waals surface area (Å²) in [5.74, 6) is 1.31. The molecule has 25 heavy (non-hydrogen) atoms. The second-order valence-corrected chi connectivity index (χ2v) is 8.49. The van der Waals surface area contributed by atoms with Gasteiger partial charge in [-0.25, -0.2) is 0 Å². The van der Waals surface area contributed by atoms with Gasteiger partial charge in [-0.1, -0.05) is 78.6 Å². The van der Waals surface area contributed by atoms with E-state index in [-0.39, 0.29) is 17.2 Å². The number of hydrogen-bond acceptors (Lipinski definition) is 1. The van der Waals surface area contributed by atoms with Gasteiger partial charge in [0.25, 0.3) is 0 Å². The van der Waals surface area contributed by atoms with Crippen molar-refractivity contribution in [2.45, 2.75) is 80.1 Å². The van der Waals surface area contributed by atoms with Crippen LogP contribution in [0, 0.1) is 17.3 Å². The number of benzene rings is 1. The van der Waals surface area contributed by atoms with Gasteiger partial charge in [-0.15, -0.1) is 0 Å². The minimum absolute atomic E-state index is 0.101. The molecule has 0 saturated heterocycles. The lowest BCUT2D eigenvalue weighted by atomic mass is 9.73. The van der Waals surface area contributed by atoms with Gasteiger partial charge >= 0.3 is 0 Å². The summed E-state index contributed by atoms with van der Waals surface area (Å²) in [5.41, 5.74) is 2.63. The van der Waals surface area contributed by atoms with E-state index in [1.165, 1.54) is 5.56 Å². The third kappa shape index (κ3) is 6.49. The molecule has 0 aliphatic heterocycles. The molecule has 2 nitrogen and oxygen atoms in total. The summed E-state index contributed by atoms with van der Waals surface area (Å²) >= 11 is 0. The van der Waals surface area contributed by atoms with Crippen molar-refractivity contribution >= 4 is 5.91 Å². The van der Waals surface area contributed by atoms with Gasteiger partial charge in [-0.05, 0) is 48.1 Å². The average molecular weight is 346 g/mol. The summed E-state index contributed by atoms with van der Waals surface area (Å²) in [7, 11) is 0. The largest absolute Gasteiger partial charge is 0.355 e. The summed E-state index contributed by atoms with van der Waals surface area (Å²) in [5, 5.41) is 3.23. The molecule has 3 atom stereocenters. The molecular formula is C23H39NO. The first-order valence-corrected chi connectivity index (χ1v) is 10.1. The smallest absolute Gasteiger partial charge is 0.227 e.